The molecule has 1 atom stereocenters. The summed E-state index contributed by atoms with van der Waals surface area (Å²) in [5, 5.41) is 3.97. The fraction of sp³-hybridized carbons (Fsp3) is 0.300. The van der Waals surface area contributed by atoms with Gasteiger partial charge in [-0.25, -0.2) is 15.0 Å². The molecule has 1 N–H and O–H groups in total. The average molecular weight is 398 g/mol. The zero-order valence-electron chi connectivity index (χ0n) is 15.4. The van der Waals surface area contributed by atoms with Gasteiger partial charge in [-0.2, -0.15) is 0 Å². The van der Waals surface area contributed by atoms with E-state index in [1.165, 1.54) is 6.26 Å². The maximum Gasteiger partial charge on any atom is 0.273 e. The van der Waals surface area contributed by atoms with E-state index in [-0.39, 0.29) is 11.9 Å². The number of anilines is 1. The van der Waals surface area contributed by atoms with Crippen molar-refractivity contribution in [2.75, 3.05) is 18.4 Å². The molecule has 1 aliphatic rings. The number of carbonyl (C=O) groups is 1. The first kappa shape index (κ1) is 18.4. The third-order valence-corrected chi connectivity index (χ3v) is 4.90. The molecule has 144 valence electrons. The first-order chi connectivity index (χ1) is 13.6. The number of oxazole rings is 1. The van der Waals surface area contributed by atoms with Crippen LogP contribution in [0.3, 0.4) is 0 Å². The molecule has 4 heterocycles. The fourth-order valence-corrected chi connectivity index (χ4v) is 3.47. The molecule has 3 aromatic rings. The van der Waals surface area contributed by atoms with Crippen molar-refractivity contribution in [2.45, 2.75) is 25.8 Å². The van der Waals surface area contributed by atoms with Gasteiger partial charge in [0.2, 0.25) is 5.89 Å². The van der Waals surface area contributed by atoms with Crippen LogP contribution in [-0.2, 0) is 0 Å². The molecule has 8 heteroatoms. The molecule has 7 nitrogen and oxygen atoms in total. The third-order valence-electron chi connectivity index (χ3n) is 4.68. The van der Waals surface area contributed by atoms with Gasteiger partial charge in [-0.3, -0.25) is 4.79 Å². The van der Waals surface area contributed by atoms with Crippen molar-refractivity contribution in [1.82, 2.24) is 19.9 Å². The number of nitrogens with zero attached hydrogens (tertiary/aromatic N) is 4. The van der Waals surface area contributed by atoms with Crippen molar-refractivity contribution in [2.24, 2.45) is 0 Å². The Hall–Kier alpha value is -2.93. The lowest BCUT2D eigenvalue weighted by atomic mass is 10.0. The predicted molar refractivity (Wildman–Crippen MR) is 106 cm³/mol. The van der Waals surface area contributed by atoms with Gasteiger partial charge in [0.05, 0.1) is 16.8 Å². The Kier molecular flexibility index (Phi) is 5.25. The molecule has 0 radical (unpaired) electrons. The minimum absolute atomic E-state index is 0.113. The number of aryl methyl sites for hydroxylation is 1. The maximum atomic E-state index is 13.2. The number of carbonyl (C=O) groups excluding carboxylic acids is 1. The smallest absolute Gasteiger partial charge is 0.273 e. The van der Waals surface area contributed by atoms with Crippen molar-refractivity contribution in [3.63, 3.8) is 0 Å². The maximum absolute atomic E-state index is 13.2. The van der Waals surface area contributed by atoms with Crippen molar-refractivity contribution >= 4 is 23.3 Å². The number of aromatic nitrogens is 3. The van der Waals surface area contributed by atoms with Gasteiger partial charge in [-0.15, -0.1) is 0 Å². The zero-order chi connectivity index (χ0) is 19.5. The molecule has 3 aromatic heterocycles. The summed E-state index contributed by atoms with van der Waals surface area (Å²) in [5.41, 5.74) is 1.92. The Bertz CT molecular complexity index is 959. The summed E-state index contributed by atoms with van der Waals surface area (Å²) in [4.78, 5) is 27.9. The Morgan fingerprint density at radius 1 is 1.29 bits per heavy atom. The molecule has 1 fully saturated rings. The number of pyridine rings is 2. The summed E-state index contributed by atoms with van der Waals surface area (Å²) < 4.78 is 5.41. The number of hydrogen-bond donors (Lipinski definition) is 1. The van der Waals surface area contributed by atoms with Crippen molar-refractivity contribution in [3.05, 3.63) is 59.3 Å². The van der Waals surface area contributed by atoms with E-state index < -0.39 is 0 Å². The molecular formula is C20H20ClN5O2. The van der Waals surface area contributed by atoms with Crippen LogP contribution in [0.1, 0.15) is 28.9 Å². The van der Waals surface area contributed by atoms with E-state index in [2.05, 4.69) is 20.3 Å². The molecule has 1 saturated heterocycles. The number of rotatable bonds is 4. The van der Waals surface area contributed by atoms with E-state index in [4.69, 9.17) is 16.0 Å². The molecule has 0 aromatic carbocycles. The van der Waals surface area contributed by atoms with E-state index in [0.29, 0.717) is 35.3 Å². The second kappa shape index (κ2) is 7.98. The van der Waals surface area contributed by atoms with Crippen molar-refractivity contribution in [3.8, 4) is 11.5 Å². The third kappa shape index (κ3) is 3.99. The SMILES string of the molecule is Cc1cnc(C(=O)N2CCCC(Nc3ccc(Cl)cn3)C2)c(-c2ncco2)c1. The van der Waals surface area contributed by atoms with Crippen LogP contribution in [0.2, 0.25) is 5.02 Å². The van der Waals surface area contributed by atoms with E-state index in [1.54, 1.807) is 24.7 Å². The Morgan fingerprint density at radius 3 is 2.93 bits per heavy atom. The van der Waals surface area contributed by atoms with Gasteiger partial charge in [0, 0.05) is 31.5 Å². The van der Waals surface area contributed by atoms with E-state index >= 15 is 0 Å². The monoisotopic (exact) mass is 397 g/mol. The van der Waals surface area contributed by atoms with Crippen LogP contribution < -0.4 is 5.32 Å². The van der Waals surface area contributed by atoms with Gasteiger partial charge in [-0.05, 0) is 43.5 Å². The standard InChI is InChI=1S/C20H20ClN5O2/c1-13-9-16(19-22-6-8-28-19)18(24-10-13)20(27)26-7-2-3-15(12-26)25-17-5-4-14(21)11-23-17/h4-6,8-11,15H,2-3,7,12H2,1H3,(H,23,25). The van der Waals surface area contributed by atoms with Crippen LogP contribution >= 0.6 is 11.6 Å². The lowest BCUT2D eigenvalue weighted by molar-refractivity contribution is 0.0709. The summed E-state index contributed by atoms with van der Waals surface area (Å²) in [6, 6.07) is 5.62. The van der Waals surface area contributed by atoms with Gasteiger partial charge in [-0.1, -0.05) is 11.6 Å². The van der Waals surface area contributed by atoms with Gasteiger partial charge < -0.3 is 14.6 Å². The fourth-order valence-electron chi connectivity index (χ4n) is 3.36. The van der Waals surface area contributed by atoms with Gasteiger partial charge in [0.1, 0.15) is 17.8 Å². The zero-order valence-corrected chi connectivity index (χ0v) is 16.2. The number of piperidine rings is 1. The van der Waals surface area contributed by atoms with Gasteiger partial charge in [0.15, 0.2) is 0 Å². The Balaban J connectivity index is 1.53. The Morgan fingerprint density at radius 2 is 2.18 bits per heavy atom. The summed E-state index contributed by atoms with van der Waals surface area (Å²) in [6.45, 7) is 3.18. The van der Waals surface area contributed by atoms with Crippen molar-refractivity contribution < 1.29 is 9.21 Å². The molecule has 28 heavy (non-hydrogen) atoms. The molecular weight excluding hydrogens is 378 g/mol. The molecule has 1 aliphatic heterocycles. The highest BCUT2D eigenvalue weighted by molar-refractivity contribution is 6.30. The first-order valence-corrected chi connectivity index (χ1v) is 9.52. The van der Waals surface area contributed by atoms with Gasteiger partial charge in [0.25, 0.3) is 5.91 Å². The number of nitrogens with one attached hydrogen (secondary N) is 1. The van der Waals surface area contributed by atoms with Crippen LogP contribution in [0.5, 0.6) is 0 Å². The molecule has 1 unspecified atom stereocenters. The topological polar surface area (TPSA) is 84.2 Å². The summed E-state index contributed by atoms with van der Waals surface area (Å²) in [6.07, 6.45) is 8.21. The molecule has 0 spiro atoms. The predicted octanol–water partition coefficient (Wildman–Crippen LogP) is 3.81. The van der Waals surface area contributed by atoms with Crippen LogP contribution in [0, 0.1) is 6.92 Å². The van der Waals surface area contributed by atoms with E-state index in [1.807, 2.05) is 24.0 Å². The largest absolute Gasteiger partial charge is 0.444 e. The van der Waals surface area contributed by atoms with Crippen LogP contribution in [0.25, 0.3) is 11.5 Å². The second-order valence-corrected chi connectivity index (χ2v) is 7.28. The van der Waals surface area contributed by atoms with Crippen LogP contribution in [0.15, 0.2) is 47.5 Å². The van der Waals surface area contributed by atoms with E-state index in [9.17, 15) is 4.79 Å². The highest BCUT2D eigenvalue weighted by atomic mass is 35.5. The highest BCUT2D eigenvalue weighted by Crippen LogP contribution is 2.25. The number of likely N-dealkylation sites (tertiary alicyclic amines) is 1. The van der Waals surface area contributed by atoms with E-state index in [0.717, 1.165) is 24.2 Å². The molecule has 1 amide bonds. The highest BCUT2D eigenvalue weighted by Gasteiger charge is 2.28. The number of amides is 1. The van der Waals surface area contributed by atoms with Crippen molar-refractivity contribution in [1.29, 1.82) is 0 Å². The number of halogens is 1. The lowest BCUT2D eigenvalue weighted by Gasteiger charge is -2.33. The molecule has 4 rings (SSSR count). The summed E-state index contributed by atoms with van der Waals surface area (Å²) >= 11 is 5.89. The normalized spacial score (nSPS) is 16.8. The van der Waals surface area contributed by atoms with Crippen LogP contribution in [-0.4, -0.2) is 44.9 Å². The van der Waals surface area contributed by atoms with Crippen LogP contribution in [0.4, 0.5) is 5.82 Å². The lowest BCUT2D eigenvalue weighted by Crippen LogP contribution is -2.45. The Labute approximate surface area is 167 Å². The molecule has 0 bridgehead atoms. The second-order valence-electron chi connectivity index (χ2n) is 6.84. The van der Waals surface area contributed by atoms with Gasteiger partial charge >= 0.3 is 0 Å². The number of hydrogen-bond acceptors (Lipinski definition) is 6. The minimum atomic E-state index is -0.122. The summed E-state index contributed by atoms with van der Waals surface area (Å²) in [5.74, 6) is 1.03. The minimum Gasteiger partial charge on any atom is -0.444 e. The summed E-state index contributed by atoms with van der Waals surface area (Å²) in [7, 11) is 0. The molecule has 0 aliphatic carbocycles. The first-order valence-electron chi connectivity index (χ1n) is 9.14. The quantitative estimate of drug-likeness (QED) is 0.720. The average Bonchev–Trinajstić information content (AvgIpc) is 3.24. The molecule has 0 saturated carbocycles.